The Bertz CT molecular complexity index is 554. The number of carbonyl (C=O) groups is 2. The standard InChI is InChI=1S/C12H11F3O6/c13-12(14,15)7-2-5(1-6(3-7)11(20)21)10(19)8(16)4-9(17)18/h1-3,8,10,16,19H,4H2,(H,17,18)(H,20,21). The molecule has 116 valence electrons. The minimum Gasteiger partial charge on any atom is -0.481 e. The molecule has 1 aromatic rings. The van der Waals surface area contributed by atoms with Crippen LogP contribution in [0.3, 0.4) is 0 Å². The number of aliphatic carboxylic acids is 1. The summed E-state index contributed by atoms with van der Waals surface area (Å²) in [5.41, 5.74) is -2.59. The molecule has 4 N–H and O–H groups in total. The van der Waals surface area contributed by atoms with Gasteiger partial charge in [-0.3, -0.25) is 4.79 Å². The highest BCUT2D eigenvalue weighted by atomic mass is 19.4. The first-order valence-electron chi connectivity index (χ1n) is 5.55. The summed E-state index contributed by atoms with van der Waals surface area (Å²) in [6, 6.07) is 1.58. The van der Waals surface area contributed by atoms with Gasteiger partial charge in [-0.2, -0.15) is 13.2 Å². The van der Waals surface area contributed by atoms with Crippen molar-refractivity contribution in [3.8, 4) is 0 Å². The molecular formula is C12H11F3O6. The molecule has 0 aliphatic heterocycles. The van der Waals surface area contributed by atoms with Gasteiger partial charge >= 0.3 is 18.1 Å². The average Bonchev–Trinajstić information content (AvgIpc) is 2.35. The summed E-state index contributed by atoms with van der Waals surface area (Å²) < 4.78 is 38.0. The van der Waals surface area contributed by atoms with E-state index in [1.165, 1.54) is 0 Å². The first-order valence-corrected chi connectivity index (χ1v) is 5.55. The molecule has 0 radical (unpaired) electrons. The van der Waals surface area contributed by atoms with E-state index < -0.39 is 53.4 Å². The Hall–Kier alpha value is -2.13. The van der Waals surface area contributed by atoms with Crippen molar-refractivity contribution in [2.75, 3.05) is 0 Å². The van der Waals surface area contributed by atoms with Gasteiger partial charge in [0.25, 0.3) is 0 Å². The quantitative estimate of drug-likeness (QED) is 0.651. The summed E-state index contributed by atoms with van der Waals surface area (Å²) in [5, 5.41) is 36.3. The number of carboxylic acids is 2. The second-order valence-corrected chi connectivity index (χ2v) is 4.26. The maximum Gasteiger partial charge on any atom is 0.416 e. The lowest BCUT2D eigenvalue weighted by Crippen LogP contribution is -2.22. The van der Waals surface area contributed by atoms with Crippen molar-refractivity contribution >= 4 is 11.9 Å². The van der Waals surface area contributed by atoms with Crippen LogP contribution in [0.5, 0.6) is 0 Å². The van der Waals surface area contributed by atoms with Gasteiger partial charge in [0, 0.05) is 0 Å². The second-order valence-electron chi connectivity index (χ2n) is 4.26. The zero-order chi connectivity index (χ0) is 16.4. The van der Waals surface area contributed by atoms with Gasteiger partial charge in [-0.05, 0) is 23.8 Å². The lowest BCUT2D eigenvalue weighted by atomic mass is 9.97. The SMILES string of the molecule is O=C(O)CC(O)C(O)c1cc(C(=O)O)cc(C(F)(F)F)c1. The number of benzene rings is 1. The molecule has 0 aromatic heterocycles. The van der Waals surface area contributed by atoms with Gasteiger partial charge < -0.3 is 20.4 Å². The molecule has 0 spiro atoms. The number of hydrogen-bond acceptors (Lipinski definition) is 4. The zero-order valence-corrected chi connectivity index (χ0v) is 10.3. The molecule has 6 nitrogen and oxygen atoms in total. The topological polar surface area (TPSA) is 115 Å². The second kappa shape index (κ2) is 6.10. The molecule has 21 heavy (non-hydrogen) atoms. The van der Waals surface area contributed by atoms with E-state index in [0.29, 0.717) is 12.1 Å². The van der Waals surface area contributed by atoms with Crippen LogP contribution in [0.15, 0.2) is 18.2 Å². The van der Waals surface area contributed by atoms with Crippen LogP contribution in [-0.2, 0) is 11.0 Å². The van der Waals surface area contributed by atoms with Gasteiger partial charge in [0.2, 0.25) is 0 Å². The maximum absolute atomic E-state index is 12.7. The lowest BCUT2D eigenvalue weighted by molar-refractivity contribution is -0.141. The molecule has 1 aromatic carbocycles. The molecular weight excluding hydrogens is 297 g/mol. The molecule has 2 atom stereocenters. The van der Waals surface area contributed by atoms with Crippen molar-refractivity contribution in [2.45, 2.75) is 24.8 Å². The average molecular weight is 308 g/mol. The minimum atomic E-state index is -4.85. The summed E-state index contributed by atoms with van der Waals surface area (Å²) in [4.78, 5) is 21.2. The molecule has 0 heterocycles. The normalized spacial score (nSPS) is 14.5. The monoisotopic (exact) mass is 308 g/mol. The summed E-state index contributed by atoms with van der Waals surface area (Å²) >= 11 is 0. The van der Waals surface area contributed by atoms with Gasteiger partial charge in [0.15, 0.2) is 0 Å². The number of halogens is 3. The van der Waals surface area contributed by atoms with Crippen molar-refractivity contribution < 1.29 is 43.2 Å². The third kappa shape index (κ3) is 4.43. The Balaban J connectivity index is 3.25. The maximum atomic E-state index is 12.7. The van der Waals surface area contributed by atoms with Gasteiger partial charge in [0.1, 0.15) is 6.10 Å². The number of aliphatic hydroxyl groups is 2. The van der Waals surface area contributed by atoms with Crippen LogP contribution in [0.25, 0.3) is 0 Å². The minimum absolute atomic E-state index is 0.377. The Morgan fingerprint density at radius 1 is 1.10 bits per heavy atom. The molecule has 1 rings (SSSR count). The molecule has 2 unspecified atom stereocenters. The van der Waals surface area contributed by atoms with Crippen molar-refractivity contribution in [1.29, 1.82) is 0 Å². The van der Waals surface area contributed by atoms with E-state index >= 15 is 0 Å². The van der Waals surface area contributed by atoms with Crippen LogP contribution >= 0.6 is 0 Å². The molecule has 0 fully saturated rings. The fourth-order valence-corrected chi connectivity index (χ4v) is 1.62. The van der Waals surface area contributed by atoms with Crippen LogP contribution < -0.4 is 0 Å². The van der Waals surface area contributed by atoms with Crippen molar-refractivity contribution in [2.24, 2.45) is 0 Å². The third-order valence-corrected chi connectivity index (χ3v) is 2.62. The molecule has 0 aliphatic carbocycles. The highest BCUT2D eigenvalue weighted by molar-refractivity contribution is 5.88. The molecule has 0 bridgehead atoms. The molecule has 0 saturated heterocycles. The van der Waals surface area contributed by atoms with E-state index in [4.69, 9.17) is 10.2 Å². The molecule has 0 amide bonds. The zero-order valence-electron chi connectivity index (χ0n) is 10.3. The van der Waals surface area contributed by atoms with Crippen LogP contribution in [-0.4, -0.2) is 38.5 Å². The van der Waals surface area contributed by atoms with E-state index in [0.717, 1.165) is 6.07 Å². The van der Waals surface area contributed by atoms with Crippen molar-refractivity contribution in [3.63, 3.8) is 0 Å². The predicted molar refractivity (Wildman–Crippen MR) is 61.6 cm³/mol. The Morgan fingerprint density at radius 3 is 2.10 bits per heavy atom. The van der Waals surface area contributed by atoms with E-state index in [2.05, 4.69) is 0 Å². The number of alkyl halides is 3. The van der Waals surface area contributed by atoms with Gasteiger partial charge in [-0.1, -0.05) is 0 Å². The van der Waals surface area contributed by atoms with Gasteiger partial charge in [-0.25, -0.2) is 4.79 Å². The van der Waals surface area contributed by atoms with E-state index in [-0.39, 0.29) is 0 Å². The van der Waals surface area contributed by atoms with Crippen molar-refractivity contribution in [1.82, 2.24) is 0 Å². The first-order chi connectivity index (χ1) is 9.52. The number of rotatable bonds is 5. The first kappa shape index (κ1) is 16.9. The fourth-order valence-electron chi connectivity index (χ4n) is 1.62. The molecule has 0 saturated carbocycles. The van der Waals surface area contributed by atoms with Crippen LogP contribution in [0.1, 0.15) is 34.0 Å². The fraction of sp³-hybridized carbons (Fsp3) is 0.333. The summed E-state index contributed by atoms with van der Waals surface area (Å²) in [6.07, 6.45) is -9.58. The highest BCUT2D eigenvalue weighted by Crippen LogP contribution is 2.33. The largest absolute Gasteiger partial charge is 0.481 e. The van der Waals surface area contributed by atoms with E-state index in [1.807, 2.05) is 0 Å². The lowest BCUT2D eigenvalue weighted by Gasteiger charge is -2.18. The van der Waals surface area contributed by atoms with Gasteiger partial charge in [-0.15, -0.1) is 0 Å². The predicted octanol–water partition coefficient (Wildman–Crippen LogP) is 1.27. The Kier molecular flexibility index (Phi) is 4.92. The third-order valence-electron chi connectivity index (χ3n) is 2.62. The Morgan fingerprint density at radius 2 is 1.67 bits per heavy atom. The molecule has 0 aliphatic rings. The number of aliphatic hydroxyl groups excluding tert-OH is 2. The molecule has 9 heteroatoms. The van der Waals surface area contributed by atoms with Crippen LogP contribution in [0, 0.1) is 0 Å². The summed E-state index contributed by atoms with van der Waals surface area (Å²) in [7, 11) is 0. The van der Waals surface area contributed by atoms with Gasteiger partial charge in [0.05, 0.1) is 23.7 Å². The van der Waals surface area contributed by atoms with Crippen LogP contribution in [0.2, 0.25) is 0 Å². The number of carboxylic acid groups (broad SMARTS) is 2. The van der Waals surface area contributed by atoms with Crippen molar-refractivity contribution in [3.05, 3.63) is 34.9 Å². The number of hydrogen-bond donors (Lipinski definition) is 4. The number of aromatic carboxylic acids is 1. The summed E-state index contributed by atoms with van der Waals surface area (Å²) in [5.74, 6) is -3.12. The smallest absolute Gasteiger partial charge is 0.416 e. The Labute approximate surface area is 116 Å². The summed E-state index contributed by atoms with van der Waals surface area (Å²) in [6.45, 7) is 0. The van der Waals surface area contributed by atoms with Crippen LogP contribution in [0.4, 0.5) is 13.2 Å². The van der Waals surface area contributed by atoms with E-state index in [9.17, 15) is 33.0 Å². The highest BCUT2D eigenvalue weighted by Gasteiger charge is 2.33. The van der Waals surface area contributed by atoms with E-state index in [1.54, 1.807) is 0 Å².